The van der Waals surface area contributed by atoms with Crippen LogP contribution in [0, 0.1) is 6.92 Å². The van der Waals surface area contributed by atoms with Gasteiger partial charge in [-0.2, -0.15) is 0 Å². The van der Waals surface area contributed by atoms with Crippen molar-refractivity contribution in [1.82, 2.24) is 0 Å². The molecule has 4 nitrogen and oxygen atoms in total. The Morgan fingerprint density at radius 1 is 0.969 bits per heavy atom. The van der Waals surface area contributed by atoms with E-state index in [1.54, 1.807) is 17.0 Å². The predicted octanol–water partition coefficient (Wildman–Crippen LogP) is 4.88. The van der Waals surface area contributed by atoms with Gasteiger partial charge in [0, 0.05) is 11.1 Å². The van der Waals surface area contributed by atoms with Gasteiger partial charge in [-0.15, -0.1) is 0 Å². The fourth-order valence-corrected chi connectivity index (χ4v) is 5.03. The summed E-state index contributed by atoms with van der Waals surface area (Å²) in [7, 11) is 0. The average Bonchev–Trinajstić information content (AvgIpc) is 3.02. The predicted molar refractivity (Wildman–Crippen MR) is 125 cm³/mol. The maximum absolute atomic E-state index is 13.5. The minimum Gasteiger partial charge on any atom is -0.375 e. The van der Waals surface area contributed by atoms with Gasteiger partial charge in [0.05, 0.1) is 18.7 Å². The van der Waals surface area contributed by atoms with Gasteiger partial charge in [-0.1, -0.05) is 54.6 Å². The van der Waals surface area contributed by atoms with Gasteiger partial charge < -0.3 is 10.0 Å². The number of anilines is 1. The third kappa shape index (κ3) is 3.45. The molecule has 0 fully saturated rings. The molecule has 32 heavy (non-hydrogen) atoms. The van der Waals surface area contributed by atoms with E-state index in [0.717, 1.165) is 30.4 Å². The Morgan fingerprint density at radius 2 is 1.69 bits per heavy atom. The number of carbonyl (C=O) groups is 2. The normalized spacial score (nSPS) is 19.6. The van der Waals surface area contributed by atoms with Crippen LogP contribution in [0.25, 0.3) is 0 Å². The Bertz CT molecular complexity index is 1210. The molecule has 2 aliphatic rings. The molecule has 0 radical (unpaired) electrons. The second kappa shape index (κ2) is 8.03. The number of amides is 1. The number of aryl methyl sites for hydroxylation is 3. The highest BCUT2D eigenvalue weighted by atomic mass is 16.3. The van der Waals surface area contributed by atoms with E-state index in [2.05, 4.69) is 0 Å². The van der Waals surface area contributed by atoms with Crippen molar-refractivity contribution in [2.24, 2.45) is 0 Å². The topological polar surface area (TPSA) is 57.6 Å². The number of carbonyl (C=O) groups excluding carboxylic acids is 2. The summed E-state index contributed by atoms with van der Waals surface area (Å²) in [6.07, 6.45) is 4.09. The number of Topliss-reactive ketones (excluding diaryl/α,β-unsaturated/α-hetero) is 1. The van der Waals surface area contributed by atoms with Crippen LogP contribution in [0.1, 0.15) is 57.4 Å². The largest absolute Gasteiger partial charge is 0.375 e. The van der Waals surface area contributed by atoms with Crippen molar-refractivity contribution in [1.29, 1.82) is 0 Å². The van der Waals surface area contributed by atoms with E-state index in [-0.39, 0.29) is 12.2 Å². The van der Waals surface area contributed by atoms with E-state index in [0.29, 0.717) is 23.4 Å². The number of ketones is 1. The van der Waals surface area contributed by atoms with Crippen LogP contribution in [0.3, 0.4) is 0 Å². The molecule has 0 saturated heterocycles. The van der Waals surface area contributed by atoms with Crippen LogP contribution in [0.2, 0.25) is 0 Å². The molecular formula is C28H27NO3. The zero-order valence-corrected chi connectivity index (χ0v) is 18.3. The molecule has 0 aromatic heterocycles. The summed E-state index contributed by atoms with van der Waals surface area (Å²) in [4.78, 5) is 28.4. The van der Waals surface area contributed by atoms with Crippen LogP contribution < -0.4 is 4.90 Å². The molecule has 1 unspecified atom stereocenters. The molecule has 5 rings (SSSR count). The third-order valence-corrected chi connectivity index (χ3v) is 6.92. The zero-order valence-electron chi connectivity index (χ0n) is 18.3. The highest BCUT2D eigenvalue weighted by Crippen LogP contribution is 2.43. The molecule has 4 heteroatoms. The molecule has 1 aliphatic carbocycles. The number of aliphatic hydroxyl groups is 1. The molecule has 162 valence electrons. The van der Waals surface area contributed by atoms with E-state index in [9.17, 15) is 14.7 Å². The summed E-state index contributed by atoms with van der Waals surface area (Å²) in [5.41, 5.74) is 4.51. The van der Waals surface area contributed by atoms with E-state index in [4.69, 9.17) is 0 Å². The molecule has 1 N–H and O–H groups in total. The minimum atomic E-state index is -1.85. The van der Waals surface area contributed by atoms with Gasteiger partial charge in [0.15, 0.2) is 11.4 Å². The van der Waals surface area contributed by atoms with Crippen molar-refractivity contribution >= 4 is 17.4 Å². The first kappa shape index (κ1) is 20.7. The smallest absolute Gasteiger partial charge is 0.264 e. The van der Waals surface area contributed by atoms with E-state index >= 15 is 0 Å². The van der Waals surface area contributed by atoms with Gasteiger partial charge in [-0.25, -0.2) is 0 Å². The lowest BCUT2D eigenvalue weighted by molar-refractivity contribution is -0.136. The van der Waals surface area contributed by atoms with Gasteiger partial charge in [-0.05, 0) is 67.0 Å². The quantitative estimate of drug-likeness (QED) is 0.593. The second-order valence-electron chi connectivity index (χ2n) is 8.99. The van der Waals surface area contributed by atoms with Crippen molar-refractivity contribution in [3.05, 3.63) is 100 Å². The van der Waals surface area contributed by atoms with Crippen LogP contribution in [0.4, 0.5) is 5.69 Å². The van der Waals surface area contributed by atoms with E-state index in [1.165, 1.54) is 17.5 Å². The van der Waals surface area contributed by atoms with Crippen LogP contribution in [0.15, 0.2) is 66.7 Å². The van der Waals surface area contributed by atoms with Gasteiger partial charge in [-0.3, -0.25) is 9.59 Å². The van der Waals surface area contributed by atoms with Gasteiger partial charge in [0.25, 0.3) is 5.91 Å². The van der Waals surface area contributed by atoms with Gasteiger partial charge in [0.2, 0.25) is 0 Å². The molecule has 1 atom stereocenters. The number of para-hydroxylation sites is 1. The van der Waals surface area contributed by atoms with Crippen molar-refractivity contribution in [2.45, 2.75) is 51.2 Å². The molecule has 0 saturated carbocycles. The van der Waals surface area contributed by atoms with Gasteiger partial charge in [0.1, 0.15) is 0 Å². The fourth-order valence-electron chi connectivity index (χ4n) is 5.03. The minimum absolute atomic E-state index is 0.207. The fraction of sp³-hybridized carbons (Fsp3) is 0.286. The van der Waals surface area contributed by atoms with Crippen LogP contribution in [-0.2, 0) is 29.8 Å². The molecular weight excluding hydrogens is 398 g/mol. The van der Waals surface area contributed by atoms with E-state index < -0.39 is 11.5 Å². The number of nitrogens with zero attached hydrogens (tertiary/aromatic N) is 1. The number of hydrogen-bond donors (Lipinski definition) is 1. The first-order valence-electron chi connectivity index (χ1n) is 11.3. The monoisotopic (exact) mass is 425 g/mol. The molecule has 1 amide bonds. The van der Waals surface area contributed by atoms with Crippen molar-refractivity contribution in [2.75, 3.05) is 4.90 Å². The highest BCUT2D eigenvalue weighted by molar-refractivity contribution is 6.10. The standard InChI is InChI=1S/C28H27NO3/c1-19-8-2-3-11-23(19)18-29-25-13-7-6-12-24(25)28(32,27(29)31)17-26(30)22-15-14-20-9-4-5-10-21(20)16-22/h2-3,6-8,11-16,32H,4-5,9-10,17-18H2,1H3. The maximum Gasteiger partial charge on any atom is 0.264 e. The lowest BCUT2D eigenvalue weighted by atomic mass is 9.85. The maximum atomic E-state index is 13.5. The molecule has 0 bridgehead atoms. The molecule has 3 aromatic rings. The molecule has 1 heterocycles. The highest BCUT2D eigenvalue weighted by Gasteiger charge is 2.50. The Hall–Kier alpha value is -3.24. The van der Waals surface area contributed by atoms with Crippen LogP contribution in [0.5, 0.6) is 0 Å². The molecule has 3 aromatic carbocycles. The number of benzene rings is 3. The lowest BCUT2D eigenvalue weighted by Gasteiger charge is -2.24. The summed E-state index contributed by atoms with van der Waals surface area (Å²) in [5, 5.41) is 11.6. The summed E-state index contributed by atoms with van der Waals surface area (Å²) in [5.74, 6) is -0.643. The molecule has 1 aliphatic heterocycles. The summed E-state index contributed by atoms with van der Waals surface area (Å²) in [6, 6.07) is 21.0. The van der Waals surface area contributed by atoms with Crippen LogP contribution in [-0.4, -0.2) is 16.8 Å². The van der Waals surface area contributed by atoms with Crippen molar-refractivity contribution < 1.29 is 14.7 Å². The summed E-state index contributed by atoms with van der Waals surface area (Å²) < 4.78 is 0. The summed E-state index contributed by atoms with van der Waals surface area (Å²) in [6.45, 7) is 2.37. The SMILES string of the molecule is Cc1ccccc1CN1C(=O)C(O)(CC(=O)c2ccc3c(c2)CCCC3)c2ccccc21. The Morgan fingerprint density at radius 3 is 2.50 bits per heavy atom. The van der Waals surface area contributed by atoms with Crippen LogP contribution >= 0.6 is 0 Å². The van der Waals surface area contributed by atoms with Crippen molar-refractivity contribution in [3.63, 3.8) is 0 Å². The number of fused-ring (bicyclic) bond motifs is 2. The third-order valence-electron chi connectivity index (χ3n) is 6.92. The number of hydrogen-bond acceptors (Lipinski definition) is 3. The molecule has 0 spiro atoms. The van der Waals surface area contributed by atoms with Gasteiger partial charge >= 0.3 is 0 Å². The van der Waals surface area contributed by atoms with Crippen molar-refractivity contribution in [3.8, 4) is 0 Å². The first-order chi connectivity index (χ1) is 15.5. The Labute approximate surface area is 188 Å². The second-order valence-corrected chi connectivity index (χ2v) is 8.99. The summed E-state index contributed by atoms with van der Waals surface area (Å²) >= 11 is 0. The first-order valence-corrected chi connectivity index (χ1v) is 11.3. The Kier molecular flexibility index (Phi) is 5.18. The average molecular weight is 426 g/mol. The van der Waals surface area contributed by atoms with E-state index in [1.807, 2.05) is 61.5 Å². The zero-order chi connectivity index (χ0) is 22.3. The number of rotatable bonds is 5. The Balaban J connectivity index is 1.46. The lowest BCUT2D eigenvalue weighted by Crippen LogP contribution is -2.41.